The molecule has 0 aliphatic carbocycles. The summed E-state index contributed by atoms with van der Waals surface area (Å²) < 4.78 is 44.3. The Bertz CT molecular complexity index is 1270. The van der Waals surface area contributed by atoms with Gasteiger partial charge in [-0.1, -0.05) is 37.3 Å². The van der Waals surface area contributed by atoms with Gasteiger partial charge in [0, 0.05) is 18.8 Å². The third-order valence-electron chi connectivity index (χ3n) is 5.68. The van der Waals surface area contributed by atoms with E-state index in [-0.39, 0.29) is 29.6 Å². The highest BCUT2D eigenvalue weighted by Crippen LogP contribution is 2.30. The molecule has 8 nitrogen and oxygen atoms in total. The van der Waals surface area contributed by atoms with Gasteiger partial charge in [-0.25, -0.2) is 8.42 Å². The van der Waals surface area contributed by atoms with Gasteiger partial charge in [0.05, 0.1) is 20.3 Å². The highest BCUT2D eigenvalue weighted by molar-refractivity contribution is 7.89. The van der Waals surface area contributed by atoms with Gasteiger partial charge in [-0.3, -0.25) is 4.79 Å². The van der Waals surface area contributed by atoms with E-state index >= 15 is 0 Å². The molecule has 1 N–H and O–H groups in total. The quantitative estimate of drug-likeness (QED) is 0.524. The third kappa shape index (κ3) is 5.16. The molecule has 1 saturated heterocycles. The van der Waals surface area contributed by atoms with E-state index < -0.39 is 16.1 Å². The summed E-state index contributed by atoms with van der Waals surface area (Å²) in [4.78, 5) is 13.0. The zero-order valence-electron chi connectivity index (χ0n) is 19.2. The smallest absolute Gasteiger partial charge is 0.265 e. The molecule has 180 valence electrons. The van der Waals surface area contributed by atoms with Crippen LogP contribution >= 0.6 is 0 Å². The Morgan fingerprint density at radius 3 is 2.50 bits per heavy atom. The maximum atomic E-state index is 13.2. The summed E-state index contributed by atoms with van der Waals surface area (Å²) in [5.74, 6) is 0.436. The van der Waals surface area contributed by atoms with Crippen LogP contribution in [0.25, 0.3) is 10.8 Å². The van der Waals surface area contributed by atoms with E-state index in [2.05, 4.69) is 5.32 Å². The van der Waals surface area contributed by atoms with Gasteiger partial charge in [0.15, 0.2) is 6.10 Å². The van der Waals surface area contributed by atoms with Crippen LogP contribution in [0.2, 0.25) is 0 Å². The van der Waals surface area contributed by atoms with Crippen molar-refractivity contribution in [1.29, 1.82) is 0 Å². The molecule has 1 amide bonds. The number of rotatable bonds is 8. The van der Waals surface area contributed by atoms with Gasteiger partial charge < -0.3 is 19.5 Å². The molecule has 0 spiro atoms. The number of ether oxygens (including phenoxy) is 3. The maximum Gasteiger partial charge on any atom is 0.265 e. The first-order chi connectivity index (χ1) is 16.4. The summed E-state index contributed by atoms with van der Waals surface area (Å²) in [6, 6.07) is 18.1. The second kappa shape index (κ2) is 10.4. The van der Waals surface area contributed by atoms with Crippen LogP contribution < -0.4 is 14.8 Å². The number of carbonyl (C=O) groups is 1. The maximum absolute atomic E-state index is 13.2. The first kappa shape index (κ1) is 24.0. The number of hydrogen-bond donors (Lipinski definition) is 1. The van der Waals surface area contributed by atoms with Crippen LogP contribution in [0.5, 0.6) is 11.5 Å². The van der Waals surface area contributed by atoms with Crippen molar-refractivity contribution in [2.45, 2.75) is 24.3 Å². The van der Waals surface area contributed by atoms with Gasteiger partial charge in [-0.05, 0) is 47.5 Å². The predicted octanol–water partition coefficient (Wildman–Crippen LogP) is 3.67. The topological polar surface area (TPSA) is 94.2 Å². The van der Waals surface area contributed by atoms with Crippen LogP contribution in [-0.2, 0) is 19.6 Å². The Labute approximate surface area is 199 Å². The van der Waals surface area contributed by atoms with Crippen LogP contribution in [-0.4, -0.2) is 58.1 Å². The van der Waals surface area contributed by atoms with E-state index in [1.54, 1.807) is 6.07 Å². The van der Waals surface area contributed by atoms with Crippen molar-refractivity contribution < 1.29 is 27.4 Å². The lowest BCUT2D eigenvalue weighted by atomic mass is 10.1. The molecule has 1 aliphatic heterocycles. The van der Waals surface area contributed by atoms with Crippen molar-refractivity contribution in [3.05, 3.63) is 60.7 Å². The molecule has 0 radical (unpaired) electrons. The van der Waals surface area contributed by atoms with Crippen molar-refractivity contribution in [3.63, 3.8) is 0 Å². The molecule has 1 fully saturated rings. The molecular weight excluding hydrogens is 456 g/mol. The molecule has 0 aromatic heterocycles. The Hall–Kier alpha value is -3.14. The van der Waals surface area contributed by atoms with Crippen LogP contribution in [0.3, 0.4) is 0 Å². The fourth-order valence-corrected chi connectivity index (χ4v) is 5.42. The summed E-state index contributed by atoms with van der Waals surface area (Å²) in [5, 5.41) is 4.89. The zero-order chi connectivity index (χ0) is 24.1. The number of nitrogens with zero attached hydrogens (tertiary/aromatic N) is 1. The zero-order valence-corrected chi connectivity index (χ0v) is 20.0. The lowest BCUT2D eigenvalue weighted by molar-refractivity contribution is -0.122. The van der Waals surface area contributed by atoms with Gasteiger partial charge >= 0.3 is 0 Å². The number of carbonyl (C=O) groups excluding carboxylic acids is 1. The number of nitrogens with one attached hydrogen (secondary N) is 1. The summed E-state index contributed by atoms with van der Waals surface area (Å²) in [7, 11) is -2.40. The molecule has 4 rings (SSSR count). The van der Waals surface area contributed by atoms with Crippen molar-refractivity contribution in [3.8, 4) is 11.5 Å². The van der Waals surface area contributed by atoms with Gasteiger partial charge in [0.25, 0.3) is 5.91 Å². The summed E-state index contributed by atoms with van der Waals surface area (Å²) >= 11 is 0. The predicted molar refractivity (Wildman–Crippen MR) is 130 cm³/mol. The monoisotopic (exact) mass is 484 g/mol. The normalized spacial score (nSPS) is 15.6. The van der Waals surface area contributed by atoms with E-state index in [0.717, 1.165) is 10.8 Å². The minimum absolute atomic E-state index is 0.00167. The summed E-state index contributed by atoms with van der Waals surface area (Å²) in [6.07, 6.45) is -0.309. The average molecular weight is 485 g/mol. The SMILES string of the molecule is CC[C@@H](Oc1ccc2ccccc2c1)C(=O)Nc1ccc(OC)c(S(=O)(=O)N2CCOCC2)c1. The van der Waals surface area contributed by atoms with E-state index in [1.165, 1.54) is 23.5 Å². The van der Waals surface area contributed by atoms with E-state index in [9.17, 15) is 13.2 Å². The first-order valence-corrected chi connectivity index (χ1v) is 12.6. The number of hydrogen-bond acceptors (Lipinski definition) is 6. The molecule has 1 heterocycles. The van der Waals surface area contributed by atoms with Gasteiger partial charge in [-0.2, -0.15) is 4.31 Å². The highest BCUT2D eigenvalue weighted by atomic mass is 32.2. The minimum atomic E-state index is -3.81. The van der Waals surface area contributed by atoms with Crippen LogP contribution in [0.1, 0.15) is 13.3 Å². The fourth-order valence-electron chi connectivity index (χ4n) is 3.83. The molecule has 34 heavy (non-hydrogen) atoms. The second-order valence-electron chi connectivity index (χ2n) is 7.90. The summed E-state index contributed by atoms with van der Waals surface area (Å²) in [5.41, 5.74) is 0.346. The number of benzene rings is 3. The highest BCUT2D eigenvalue weighted by Gasteiger charge is 2.30. The third-order valence-corrected chi connectivity index (χ3v) is 7.60. The van der Waals surface area contributed by atoms with Crippen LogP contribution in [0, 0.1) is 0 Å². The van der Waals surface area contributed by atoms with E-state index in [0.29, 0.717) is 31.1 Å². The van der Waals surface area contributed by atoms with E-state index in [1.807, 2.05) is 49.4 Å². The lowest BCUT2D eigenvalue weighted by Gasteiger charge is -2.27. The molecular formula is C25H28N2O6S. The van der Waals surface area contributed by atoms with Gasteiger partial charge in [0.2, 0.25) is 10.0 Å². The second-order valence-corrected chi connectivity index (χ2v) is 9.80. The fraction of sp³-hybridized carbons (Fsp3) is 0.320. The number of fused-ring (bicyclic) bond motifs is 1. The molecule has 0 bridgehead atoms. The lowest BCUT2D eigenvalue weighted by Crippen LogP contribution is -2.40. The van der Waals surface area contributed by atoms with Crippen molar-refractivity contribution >= 4 is 32.4 Å². The van der Waals surface area contributed by atoms with Crippen LogP contribution in [0.15, 0.2) is 65.6 Å². The first-order valence-electron chi connectivity index (χ1n) is 11.1. The molecule has 1 atom stereocenters. The van der Waals surface area contributed by atoms with Gasteiger partial charge in [0.1, 0.15) is 16.4 Å². The molecule has 0 saturated carbocycles. The number of methoxy groups -OCH3 is 1. The van der Waals surface area contributed by atoms with Crippen LogP contribution in [0.4, 0.5) is 5.69 Å². The molecule has 3 aromatic carbocycles. The largest absolute Gasteiger partial charge is 0.495 e. The van der Waals surface area contributed by atoms with Crippen molar-refractivity contribution in [2.75, 3.05) is 38.7 Å². The van der Waals surface area contributed by atoms with Crippen molar-refractivity contribution in [1.82, 2.24) is 4.31 Å². The Morgan fingerprint density at radius 1 is 1.06 bits per heavy atom. The number of amides is 1. The molecule has 1 aliphatic rings. The Kier molecular flexibility index (Phi) is 7.35. The Morgan fingerprint density at radius 2 is 1.79 bits per heavy atom. The Balaban J connectivity index is 1.53. The van der Waals surface area contributed by atoms with E-state index in [4.69, 9.17) is 14.2 Å². The number of sulfonamides is 1. The van der Waals surface area contributed by atoms with Gasteiger partial charge in [-0.15, -0.1) is 0 Å². The van der Waals surface area contributed by atoms with Crippen molar-refractivity contribution in [2.24, 2.45) is 0 Å². The molecule has 3 aromatic rings. The number of morpholine rings is 1. The standard InChI is InChI=1S/C25H28N2O6S/c1-3-22(33-21-10-8-18-6-4-5-7-19(18)16-21)25(28)26-20-9-11-23(31-2)24(17-20)34(29,30)27-12-14-32-15-13-27/h4-11,16-17,22H,3,12-15H2,1-2H3,(H,26,28)/t22-/m1/s1. The molecule has 0 unspecified atom stereocenters. The summed E-state index contributed by atoms with van der Waals surface area (Å²) in [6.45, 7) is 3.05. The number of anilines is 1. The molecule has 9 heteroatoms. The average Bonchev–Trinajstić information content (AvgIpc) is 2.87. The minimum Gasteiger partial charge on any atom is -0.495 e.